The second-order valence-corrected chi connectivity index (χ2v) is 7.06. The molecule has 0 aromatic heterocycles. The van der Waals surface area contributed by atoms with Crippen molar-refractivity contribution in [2.75, 3.05) is 0 Å². The van der Waals surface area contributed by atoms with Crippen molar-refractivity contribution < 1.29 is 24.8 Å². The number of halogens is 2. The fraction of sp³-hybridized carbons (Fsp3) is 0.400. The van der Waals surface area contributed by atoms with E-state index in [-0.39, 0.29) is 59.6 Å². The quantitative estimate of drug-likeness (QED) is 0.456. The van der Waals surface area contributed by atoms with Gasteiger partial charge in [-0.1, -0.05) is 90.1 Å². The molecule has 0 saturated carbocycles. The third kappa shape index (κ3) is 11.1. The molecule has 0 heterocycles. The van der Waals surface area contributed by atoms with Gasteiger partial charge in [0.2, 0.25) is 0 Å². The van der Waals surface area contributed by atoms with E-state index >= 15 is 0 Å². The van der Waals surface area contributed by atoms with Crippen LogP contribution in [0.25, 0.3) is 0 Å². The normalized spacial score (nSPS) is 10.0. The second kappa shape index (κ2) is 12.2. The fourth-order valence-corrected chi connectivity index (χ4v) is 1.69. The summed E-state index contributed by atoms with van der Waals surface area (Å²) in [7, 11) is 0. The van der Waals surface area contributed by atoms with Crippen molar-refractivity contribution in [3.05, 3.63) is 71.8 Å². The van der Waals surface area contributed by atoms with Crippen LogP contribution in [0.3, 0.4) is 0 Å². The number of rotatable bonds is 0. The fourth-order valence-electron chi connectivity index (χ4n) is 1.69. The van der Waals surface area contributed by atoms with Gasteiger partial charge >= 0.3 is 23.9 Å². The summed E-state index contributed by atoms with van der Waals surface area (Å²) in [6.07, 6.45) is 0. The molecule has 124 valence electrons. The second-order valence-electron chi connectivity index (χ2n) is 7.06. The van der Waals surface area contributed by atoms with E-state index in [0.29, 0.717) is 0 Å². The van der Waals surface area contributed by atoms with Gasteiger partial charge in [0.1, 0.15) is 0 Å². The molecule has 0 amide bonds. The average molecular weight is 456 g/mol. The number of hydrogen-bond acceptors (Lipinski definition) is 0. The molecule has 0 bridgehead atoms. The van der Waals surface area contributed by atoms with Crippen LogP contribution in [-0.4, -0.2) is 23.9 Å². The van der Waals surface area contributed by atoms with E-state index in [1.54, 1.807) is 0 Å². The van der Waals surface area contributed by atoms with E-state index in [2.05, 4.69) is 71.9 Å². The minimum absolute atomic E-state index is 0. The van der Waals surface area contributed by atoms with Crippen LogP contribution in [0.2, 0.25) is 0 Å². The molecule has 0 fully saturated rings. The van der Waals surface area contributed by atoms with Gasteiger partial charge < -0.3 is 24.8 Å². The Hall–Kier alpha value is -0.181. The van der Waals surface area contributed by atoms with E-state index in [1.807, 2.05) is 30.3 Å². The molecule has 0 unspecified atom stereocenters. The molecule has 0 aliphatic carbocycles. The maximum Gasteiger partial charge on any atom is 2.00 e. The molecule has 4 radical (unpaired) electrons. The predicted octanol–water partition coefficient (Wildman–Crippen LogP) is -0.804. The molecule has 2 aromatic carbocycles. The zero-order valence-corrected chi connectivity index (χ0v) is 19.2. The van der Waals surface area contributed by atoms with Gasteiger partial charge in [-0.3, -0.25) is 0 Å². The molecule has 2 rings (SSSR count). The van der Waals surface area contributed by atoms with Crippen LogP contribution in [0.4, 0.5) is 0 Å². The monoisotopic (exact) mass is 456 g/mol. The number of hydrogen-bond donors (Lipinski definition) is 0. The van der Waals surface area contributed by atoms with Crippen LogP contribution < -0.4 is 24.8 Å². The van der Waals surface area contributed by atoms with Crippen molar-refractivity contribution in [3.63, 3.8) is 0 Å². The molecule has 0 atom stereocenters. The van der Waals surface area contributed by atoms with Gasteiger partial charge in [-0.2, -0.15) is 0 Å². The third-order valence-electron chi connectivity index (χ3n) is 3.02. The summed E-state index contributed by atoms with van der Waals surface area (Å²) in [6, 6.07) is 22.5. The first-order chi connectivity index (χ1) is 9.21. The van der Waals surface area contributed by atoms with Crippen LogP contribution in [0, 0.1) is 12.1 Å². The molecule has 3 heteroatoms. The summed E-state index contributed by atoms with van der Waals surface area (Å²) in [5.74, 6) is 0. The summed E-state index contributed by atoms with van der Waals surface area (Å²) in [6.45, 7) is 13.4. The van der Waals surface area contributed by atoms with Gasteiger partial charge in [-0.15, -0.1) is 0 Å². The van der Waals surface area contributed by atoms with Crippen LogP contribution in [-0.2, 0) is 10.8 Å². The molecule has 0 aliphatic rings. The maximum atomic E-state index is 3.52. The minimum atomic E-state index is 0. The first-order valence-electron chi connectivity index (χ1n) is 7.15. The SMILES string of the molecule is CC(C)(C)c1[c]c(C(C)(C)C)ccc1.[Cl-].[Cl-].[Sn+2].[c]1ccccc1. The zero-order valence-electron chi connectivity index (χ0n) is 14.9. The Labute approximate surface area is 172 Å². The molecule has 23 heavy (non-hydrogen) atoms. The van der Waals surface area contributed by atoms with Gasteiger partial charge in [0.05, 0.1) is 0 Å². The predicted molar refractivity (Wildman–Crippen MR) is 93.7 cm³/mol. The Morgan fingerprint density at radius 2 is 1.04 bits per heavy atom. The minimum Gasteiger partial charge on any atom is -1.00 e. The first-order valence-corrected chi connectivity index (χ1v) is 7.15. The largest absolute Gasteiger partial charge is 2.00 e. The van der Waals surface area contributed by atoms with Crippen LogP contribution in [0.1, 0.15) is 52.7 Å². The van der Waals surface area contributed by atoms with E-state index in [0.717, 1.165) is 0 Å². The molecule has 0 saturated heterocycles. The van der Waals surface area contributed by atoms with Crippen molar-refractivity contribution in [1.82, 2.24) is 0 Å². The van der Waals surface area contributed by atoms with E-state index in [4.69, 9.17) is 0 Å². The standard InChI is InChI=1S/C14H21.C6H5.2ClH.Sn/c1-13(2,3)11-8-7-9-12(10-11)14(4,5)6;1-2-4-6-5-3-1;;;/h7-9H,1-6H3;1-5H;2*1H;/q;;;;+2/p-2. The summed E-state index contributed by atoms with van der Waals surface area (Å²) >= 11 is 0. The summed E-state index contributed by atoms with van der Waals surface area (Å²) in [4.78, 5) is 0. The van der Waals surface area contributed by atoms with Gasteiger partial charge in [0.25, 0.3) is 0 Å². The van der Waals surface area contributed by atoms with Crippen molar-refractivity contribution in [3.8, 4) is 0 Å². The summed E-state index contributed by atoms with van der Waals surface area (Å²) in [5.41, 5.74) is 2.98. The Kier molecular flexibility index (Phi) is 14.7. The molecular formula is C20H26Cl2Sn. The van der Waals surface area contributed by atoms with E-state index in [1.165, 1.54) is 11.1 Å². The Morgan fingerprint density at radius 3 is 1.26 bits per heavy atom. The summed E-state index contributed by atoms with van der Waals surface area (Å²) < 4.78 is 0. The van der Waals surface area contributed by atoms with Gasteiger partial charge in [-0.05, 0) is 34.1 Å². The van der Waals surface area contributed by atoms with E-state index in [9.17, 15) is 0 Å². The van der Waals surface area contributed by atoms with Gasteiger partial charge in [-0.25, -0.2) is 0 Å². The Balaban J connectivity index is -0.000000382. The topological polar surface area (TPSA) is 0 Å². The van der Waals surface area contributed by atoms with Crippen LogP contribution >= 0.6 is 0 Å². The molecule has 2 aromatic rings. The zero-order chi connectivity index (χ0) is 15.2. The molecule has 0 spiro atoms. The van der Waals surface area contributed by atoms with Crippen molar-refractivity contribution in [2.45, 2.75) is 52.4 Å². The average Bonchev–Trinajstić information content (AvgIpc) is 2.40. The molecule has 0 aliphatic heterocycles. The van der Waals surface area contributed by atoms with Gasteiger partial charge in [0, 0.05) is 0 Å². The Morgan fingerprint density at radius 1 is 0.652 bits per heavy atom. The third-order valence-corrected chi connectivity index (χ3v) is 3.02. The Bertz CT molecular complexity index is 455. The first kappa shape index (κ1) is 27.7. The maximum absolute atomic E-state index is 3.52. The summed E-state index contributed by atoms with van der Waals surface area (Å²) in [5, 5.41) is 0. The van der Waals surface area contributed by atoms with Crippen molar-refractivity contribution >= 4 is 23.9 Å². The molecule has 0 N–H and O–H groups in total. The van der Waals surface area contributed by atoms with Crippen molar-refractivity contribution in [1.29, 1.82) is 0 Å². The van der Waals surface area contributed by atoms with Crippen LogP contribution in [0.5, 0.6) is 0 Å². The molecule has 0 nitrogen and oxygen atoms in total. The van der Waals surface area contributed by atoms with E-state index < -0.39 is 0 Å². The van der Waals surface area contributed by atoms with Gasteiger partial charge in [0.15, 0.2) is 0 Å². The number of benzene rings is 2. The smallest absolute Gasteiger partial charge is 1.00 e. The molecular weight excluding hydrogens is 430 g/mol. The van der Waals surface area contributed by atoms with Crippen LogP contribution in [0.15, 0.2) is 48.5 Å². The van der Waals surface area contributed by atoms with Crippen molar-refractivity contribution in [2.24, 2.45) is 0 Å².